The number of benzene rings is 2. The summed E-state index contributed by atoms with van der Waals surface area (Å²) in [5.74, 6) is -0.361. The van der Waals surface area contributed by atoms with Crippen LogP contribution in [0.5, 0.6) is 0 Å². The van der Waals surface area contributed by atoms with Gasteiger partial charge in [0.2, 0.25) is 5.91 Å². The summed E-state index contributed by atoms with van der Waals surface area (Å²) in [6.07, 6.45) is -4.62. The van der Waals surface area contributed by atoms with Crippen molar-refractivity contribution in [3.63, 3.8) is 0 Å². The average molecular weight is 482 g/mol. The van der Waals surface area contributed by atoms with Crippen LogP contribution in [-0.4, -0.2) is 21.1 Å². The summed E-state index contributed by atoms with van der Waals surface area (Å²) in [4.78, 5) is 20.3. The average Bonchev–Trinajstić information content (AvgIpc) is 2.69. The third-order valence-corrected chi connectivity index (χ3v) is 5.32. The number of rotatable bonds is 5. The Bertz CT molecular complexity index is 998. The molecule has 1 aromatic heterocycles. The van der Waals surface area contributed by atoms with Crippen molar-refractivity contribution in [3.05, 3.63) is 70.8 Å². The molecular formula is C20H15BrF3N3OS. The van der Waals surface area contributed by atoms with Crippen LogP contribution in [0.2, 0.25) is 0 Å². The highest BCUT2D eigenvalue weighted by molar-refractivity contribution is 9.10. The number of nitrogens with zero attached hydrogens (tertiary/aromatic N) is 2. The van der Waals surface area contributed by atoms with Crippen LogP contribution >= 0.6 is 27.7 Å². The summed E-state index contributed by atoms with van der Waals surface area (Å²) < 4.78 is 40.8. The maximum atomic E-state index is 13.3. The molecule has 0 unspecified atom stereocenters. The lowest BCUT2D eigenvalue weighted by Gasteiger charge is -2.14. The minimum atomic E-state index is -4.62. The van der Waals surface area contributed by atoms with Gasteiger partial charge in [0.25, 0.3) is 0 Å². The van der Waals surface area contributed by atoms with Gasteiger partial charge in [-0.15, -0.1) is 0 Å². The van der Waals surface area contributed by atoms with Crippen LogP contribution in [0.1, 0.15) is 12.6 Å². The Kier molecular flexibility index (Phi) is 6.59. The molecule has 1 atom stereocenters. The standard InChI is InChI=1S/C20H15BrF3N3OS/c1-12(18(28)25-15-9-7-14(21)8-10-15)29-19-26-16(13-5-3-2-4-6-13)11-17(27-19)20(22,23)24/h2-12H,1H3,(H,25,28)/t12-/m1/s1. The van der Waals surface area contributed by atoms with Crippen LogP contribution in [0.3, 0.4) is 0 Å². The predicted molar refractivity (Wildman–Crippen MR) is 111 cm³/mol. The Morgan fingerprint density at radius 3 is 2.34 bits per heavy atom. The Morgan fingerprint density at radius 2 is 1.72 bits per heavy atom. The molecule has 0 aliphatic carbocycles. The molecule has 1 amide bonds. The van der Waals surface area contributed by atoms with Gasteiger partial charge >= 0.3 is 6.18 Å². The van der Waals surface area contributed by atoms with Gasteiger partial charge in [-0.05, 0) is 37.3 Å². The van der Waals surface area contributed by atoms with Gasteiger partial charge in [0, 0.05) is 15.7 Å². The first-order chi connectivity index (χ1) is 13.7. The van der Waals surface area contributed by atoms with Crippen LogP contribution in [0.4, 0.5) is 18.9 Å². The van der Waals surface area contributed by atoms with E-state index in [2.05, 4.69) is 31.2 Å². The molecule has 29 heavy (non-hydrogen) atoms. The zero-order valence-corrected chi connectivity index (χ0v) is 17.5. The number of hydrogen-bond acceptors (Lipinski definition) is 4. The summed E-state index contributed by atoms with van der Waals surface area (Å²) in [5, 5.41) is 1.91. The normalized spacial score (nSPS) is 12.4. The van der Waals surface area contributed by atoms with Gasteiger partial charge in [-0.1, -0.05) is 58.0 Å². The molecule has 4 nitrogen and oxygen atoms in total. The van der Waals surface area contributed by atoms with Crippen LogP contribution < -0.4 is 5.32 Å². The Morgan fingerprint density at radius 1 is 1.07 bits per heavy atom. The van der Waals surface area contributed by atoms with E-state index in [0.29, 0.717) is 11.3 Å². The van der Waals surface area contributed by atoms with Gasteiger partial charge in [-0.25, -0.2) is 9.97 Å². The summed E-state index contributed by atoms with van der Waals surface area (Å²) in [5.41, 5.74) is 0.222. The van der Waals surface area contributed by atoms with Gasteiger partial charge in [-0.2, -0.15) is 13.2 Å². The van der Waals surface area contributed by atoms with E-state index in [1.165, 1.54) is 0 Å². The van der Waals surface area contributed by atoms with Gasteiger partial charge < -0.3 is 5.32 Å². The molecule has 3 rings (SSSR count). The van der Waals surface area contributed by atoms with Crippen molar-refractivity contribution >= 4 is 39.3 Å². The highest BCUT2D eigenvalue weighted by Crippen LogP contribution is 2.33. The molecule has 0 spiro atoms. The van der Waals surface area contributed by atoms with Gasteiger partial charge in [0.1, 0.15) is 5.69 Å². The van der Waals surface area contributed by atoms with Crippen molar-refractivity contribution in [2.24, 2.45) is 0 Å². The highest BCUT2D eigenvalue weighted by Gasteiger charge is 2.34. The van der Waals surface area contributed by atoms with Crippen LogP contribution in [0, 0.1) is 0 Å². The van der Waals surface area contributed by atoms with Crippen LogP contribution in [0.25, 0.3) is 11.3 Å². The van der Waals surface area contributed by atoms with Crippen molar-refractivity contribution in [2.75, 3.05) is 5.32 Å². The molecular weight excluding hydrogens is 467 g/mol. The second kappa shape index (κ2) is 8.96. The smallest absolute Gasteiger partial charge is 0.325 e. The minimum Gasteiger partial charge on any atom is -0.325 e. The summed E-state index contributed by atoms with van der Waals surface area (Å²) in [6.45, 7) is 1.59. The number of hydrogen-bond donors (Lipinski definition) is 1. The minimum absolute atomic E-state index is 0.114. The van der Waals surface area contributed by atoms with E-state index in [4.69, 9.17) is 0 Å². The number of nitrogens with one attached hydrogen (secondary N) is 1. The second-order valence-corrected chi connectivity index (χ2v) is 8.26. The number of carbonyl (C=O) groups is 1. The third kappa shape index (κ3) is 5.80. The summed E-state index contributed by atoms with van der Waals surface area (Å²) in [7, 11) is 0. The van der Waals surface area contributed by atoms with Gasteiger partial charge in [0.05, 0.1) is 10.9 Å². The first-order valence-electron chi connectivity index (χ1n) is 8.47. The lowest BCUT2D eigenvalue weighted by Crippen LogP contribution is -2.23. The molecule has 0 saturated heterocycles. The maximum Gasteiger partial charge on any atom is 0.433 e. The number of carbonyl (C=O) groups excluding carboxylic acids is 1. The molecule has 1 heterocycles. The predicted octanol–water partition coefficient (Wildman–Crippen LogP) is 6.04. The van der Waals surface area contributed by atoms with E-state index in [-0.39, 0.29) is 16.8 Å². The fraction of sp³-hybridized carbons (Fsp3) is 0.150. The molecule has 0 bridgehead atoms. The quantitative estimate of drug-likeness (QED) is 0.356. The zero-order chi connectivity index (χ0) is 21.0. The number of amides is 1. The van der Waals surface area contributed by atoms with Gasteiger partial charge in [0.15, 0.2) is 5.16 Å². The van der Waals surface area contributed by atoms with Crippen LogP contribution in [-0.2, 0) is 11.0 Å². The number of thioether (sulfide) groups is 1. The van der Waals surface area contributed by atoms with Crippen molar-refractivity contribution in [1.29, 1.82) is 0 Å². The van der Waals surface area contributed by atoms with Crippen molar-refractivity contribution in [3.8, 4) is 11.3 Å². The molecule has 0 saturated carbocycles. The van der Waals surface area contributed by atoms with Gasteiger partial charge in [-0.3, -0.25) is 4.79 Å². The SMILES string of the molecule is C[C@@H](Sc1nc(-c2ccccc2)cc(C(F)(F)F)n1)C(=O)Nc1ccc(Br)cc1. The maximum absolute atomic E-state index is 13.3. The largest absolute Gasteiger partial charge is 0.433 e. The Labute approximate surface area is 178 Å². The number of alkyl halides is 3. The van der Waals surface area contributed by atoms with Crippen molar-refractivity contribution in [1.82, 2.24) is 9.97 Å². The molecule has 150 valence electrons. The number of anilines is 1. The lowest BCUT2D eigenvalue weighted by atomic mass is 10.1. The zero-order valence-electron chi connectivity index (χ0n) is 15.1. The first-order valence-corrected chi connectivity index (χ1v) is 10.1. The van der Waals surface area contributed by atoms with E-state index in [1.807, 2.05) is 0 Å². The number of halogens is 4. The lowest BCUT2D eigenvalue weighted by molar-refractivity contribution is -0.141. The van der Waals surface area contributed by atoms with E-state index >= 15 is 0 Å². The van der Waals surface area contributed by atoms with Crippen LogP contribution in [0.15, 0.2) is 70.3 Å². The third-order valence-electron chi connectivity index (χ3n) is 3.83. The Balaban J connectivity index is 1.83. The molecule has 0 fully saturated rings. The van der Waals surface area contributed by atoms with Crippen molar-refractivity contribution < 1.29 is 18.0 Å². The number of aromatic nitrogens is 2. The molecule has 3 aromatic rings. The van der Waals surface area contributed by atoms with E-state index in [9.17, 15) is 18.0 Å². The topological polar surface area (TPSA) is 54.9 Å². The molecule has 2 aromatic carbocycles. The van der Waals surface area contributed by atoms with E-state index in [1.54, 1.807) is 61.5 Å². The summed E-state index contributed by atoms with van der Waals surface area (Å²) in [6, 6.07) is 16.4. The molecule has 0 aliphatic rings. The van der Waals surface area contributed by atoms with E-state index < -0.39 is 17.1 Å². The summed E-state index contributed by atoms with van der Waals surface area (Å²) >= 11 is 4.18. The molecule has 1 N–H and O–H groups in total. The molecule has 9 heteroatoms. The molecule has 0 aliphatic heterocycles. The second-order valence-electron chi connectivity index (χ2n) is 6.04. The fourth-order valence-electron chi connectivity index (χ4n) is 2.37. The first kappa shape index (κ1) is 21.3. The monoisotopic (exact) mass is 481 g/mol. The molecule has 0 radical (unpaired) electrons. The van der Waals surface area contributed by atoms with E-state index in [0.717, 1.165) is 22.3 Å². The highest BCUT2D eigenvalue weighted by atomic mass is 79.9. The Hall–Kier alpha value is -2.39. The van der Waals surface area contributed by atoms with Crippen molar-refractivity contribution in [2.45, 2.75) is 23.5 Å². The fourth-order valence-corrected chi connectivity index (χ4v) is 3.42.